The maximum Gasteiger partial charge on any atom is 0.0900 e. The fourth-order valence-electron chi connectivity index (χ4n) is 9.13. The lowest BCUT2D eigenvalue weighted by Gasteiger charge is -2.30. The molecule has 0 aliphatic heterocycles. The van der Waals surface area contributed by atoms with Crippen molar-refractivity contribution in [3.8, 4) is 67.0 Å². The van der Waals surface area contributed by atoms with E-state index in [1.165, 1.54) is 61.2 Å². The fraction of sp³-hybridized carbons (Fsp3) is 0.0196. The Morgan fingerprint density at radius 3 is 1.62 bits per heavy atom. The van der Waals surface area contributed by atoms with Gasteiger partial charge in [-0.15, -0.1) is 0 Å². The zero-order chi connectivity index (χ0) is 34.9. The molecular weight excluding hydrogens is 641 g/mol. The van der Waals surface area contributed by atoms with Crippen LogP contribution in [0.2, 0.25) is 0 Å². The topological polar surface area (TPSA) is 25.8 Å². The molecule has 2 nitrogen and oxygen atoms in total. The Kier molecular flexibility index (Phi) is 6.50. The Morgan fingerprint density at radius 2 is 0.906 bits per heavy atom. The van der Waals surface area contributed by atoms with Crippen LogP contribution in [0, 0.1) is 0 Å². The first-order valence-corrected chi connectivity index (χ1v) is 18.2. The van der Waals surface area contributed by atoms with E-state index < -0.39 is 0 Å². The van der Waals surface area contributed by atoms with E-state index in [0.29, 0.717) is 0 Å². The number of hydrogen-bond donors (Lipinski definition) is 0. The third kappa shape index (κ3) is 4.33. The van der Waals surface area contributed by atoms with Gasteiger partial charge < -0.3 is 0 Å². The molecule has 1 spiro atoms. The summed E-state index contributed by atoms with van der Waals surface area (Å²) in [6.45, 7) is 0. The molecular formula is C51H32N2. The number of pyridine rings is 2. The van der Waals surface area contributed by atoms with E-state index in [0.717, 1.165) is 39.0 Å². The van der Waals surface area contributed by atoms with Gasteiger partial charge in [0.25, 0.3) is 0 Å². The average Bonchev–Trinajstić information content (AvgIpc) is 3.71. The summed E-state index contributed by atoms with van der Waals surface area (Å²) in [6.07, 6.45) is 1.82. The Bertz CT molecular complexity index is 2830. The summed E-state index contributed by atoms with van der Waals surface area (Å²) in [5.41, 5.74) is 20.2. The Labute approximate surface area is 308 Å². The number of fused-ring (bicyclic) bond motifs is 11. The predicted octanol–water partition coefficient (Wildman–Crippen LogP) is 12.6. The summed E-state index contributed by atoms with van der Waals surface area (Å²) in [7, 11) is 0. The third-order valence-corrected chi connectivity index (χ3v) is 11.4. The number of benzene rings is 7. The van der Waals surface area contributed by atoms with Gasteiger partial charge in [0, 0.05) is 11.6 Å². The van der Waals surface area contributed by atoms with Gasteiger partial charge in [-0.05, 0) is 108 Å². The van der Waals surface area contributed by atoms with Crippen LogP contribution in [0.25, 0.3) is 77.9 Å². The molecule has 0 atom stereocenters. The third-order valence-electron chi connectivity index (χ3n) is 11.4. The fourth-order valence-corrected chi connectivity index (χ4v) is 9.13. The predicted molar refractivity (Wildman–Crippen MR) is 218 cm³/mol. The summed E-state index contributed by atoms with van der Waals surface area (Å²) < 4.78 is 0. The Morgan fingerprint density at radius 1 is 0.340 bits per heavy atom. The Hall–Kier alpha value is -6.90. The van der Waals surface area contributed by atoms with Crippen molar-refractivity contribution in [2.75, 3.05) is 0 Å². The molecule has 0 N–H and O–H groups in total. The molecule has 0 amide bonds. The second-order valence-electron chi connectivity index (χ2n) is 14.1. The summed E-state index contributed by atoms with van der Waals surface area (Å²) >= 11 is 0. The van der Waals surface area contributed by atoms with Crippen LogP contribution in [0.3, 0.4) is 0 Å². The Balaban J connectivity index is 1.04. The standard InChI is InChI=1S/C51H32N2/c1-2-13-34(14-3-1)41-32-49(48-23-10-11-30-52-48)53-47-29-28-36(31-42(41)47)33-24-26-35(27-25-33)37-18-12-22-46-50(37)40-17-6-9-21-45(40)51(46)43-19-7-4-15-38(43)39-16-5-8-20-44(39)51/h1-32H. The minimum atomic E-state index is -0.346. The van der Waals surface area contributed by atoms with Gasteiger partial charge in [-0.3, -0.25) is 4.98 Å². The molecule has 2 heteroatoms. The van der Waals surface area contributed by atoms with Crippen molar-refractivity contribution < 1.29 is 0 Å². The SMILES string of the molecule is c1ccc(-c2cc(-c3ccccn3)nc3ccc(-c4ccc(-c5cccc6c5-c5ccccc5C65c6ccccc6-c6ccccc65)cc4)cc23)cc1. The van der Waals surface area contributed by atoms with E-state index in [1.807, 2.05) is 24.4 Å². The molecule has 0 saturated carbocycles. The van der Waals surface area contributed by atoms with Crippen LogP contribution >= 0.6 is 0 Å². The minimum Gasteiger partial charge on any atom is -0.255 e. The highest BCUT2D eigenvalue weighted by Crippen LogP contribution is 2.63. The number of rotatable bonds is 4. The van der Waals surface area contributed by atoms with Crippen molar-refractivity contribution in [3.05, 3.63) is 217 Å². The normalized spacial score (nSPS) is 13.1. The first-order chi connectivity index (χ1) is 26.3. The average molecular weight is 673 g/mol. The molecule has 0 bridgehead atoms. The summed E-state index contributed by atoms with van der Waals surface area (Å²) in [4.78, 5) is 9.67. The first kappa shape index (κ1) is 29.8. The lowest BCUT2D eigenvalue weighted by molar-refractivity contribution is 0.794. The van der Waals surface area contributed by atoms with Crippen LogP contribution in [-0.2, 0) is 5.41 Å². The van der Waals surface area contributed by atoms with E-state index in [-0.39, 0.29) is 5.41 Å². The van der Waals surface area contributed by atoms with Crippen molar-refractivity contribution in [1.82, 2.24) is 9.97 Å². The molecule has 0 saturated heterocycles. The van der Waals surface area contributed by atoms with E-state index in [4.69, 9.17) is 4.98 Å². The second kappa shape index (κ2) is 11.6. The number of aromatic nitrogens is 2. The maximum absolute atomic E-state index is 5.07. The summed E-state index contributed by atoms with van der Waals surface area (Å²) in [5, 5.41) is 1.12. The van der Waals surface area contributed by atoms with Crippen LogP contribution in [0.4, 0.5) is 0 Å². The second-order valence-corrected chi connectivity index (χ2v) is 14.1. The maximum atomic E-state index is 5.07. The van der Waals surface area contributed by atoms with E-state index in [2.05, 4.69) is 175 Å². The van der Waals surface area contributed by atoms with Gasteiger partial charge in [-0.2, -0.15) is 0 Å². The van der Waals surface area contributed by atoms with Gasteiger partial charge >= 0.3 is 0 Å². The van der Waals surface area contributed by atoms with Crippen LogP contribution in [0.5, 0.6) is 0 Å². The van der Waals surface area contributed by atoms with E-state index in [9.17, 15) is 0 Å². The van der Waals surface area contributed by atoms with E-state index in [1.54, 1.807) is 0 Å². The molecule has 0 fully saturated rings. The molecule has 0 radical (unpaired) electrons. The van der Waals surface area contributed by atoms with Gasteiger partial charge in [0.2, 0.25) is 0 Å². The lowest BCUT2D eigenvalue weighted by atomic mass is 9.70. The molecule has 2 heterocycles. The van der Waals surface area contributed by atoms with Crippen LogP contribution in [0.1, 0.15) is 22.3 Å². The first-order valence-electron chi connectivity index (χ1n) is 18.2. The van der Waals surface area contributed by atoms with Crippen molar-refractivity contribution in [3.63, 3.8) is 0 Å². The zero-order valence-electron chi connectivity index (χ0n) is 28.9. The monoisotopic (exact) mass is 672 g/mol. The van der Waals surface area contributed by atoms with Crippen molar-refractivity contribution in [2.45, 2.75) is 5.41 Å². The number of nitrogens with zero attached hydrogens (tertiary/aromatic N) is 2. The molecule has 11 rings (SSSR count). The molecule has 0 unspecified atom stereocenters. The highest BCUT2D eigenvalue weighted by atomic mass is 14.8. The number of hydrogen-bond acceptors (Lipinski definition) is 2. The highest BCUT2D eigenvalue weighted by molar-refractivity contribution is 6.01. The largest absolute Gasteiger partial charge is 0.255 e. The van der Waals surface area contributed by atoms with Crippen molar-refractivity contribution >= 4 is 10.9 Å². The van der Waals surface area contributed by atoms with E-state index >= 15 is 0 Å². The van der Waals surface area contributed by atoms with Gasteiger partial charge in [0.15, 0.2) is 0 Å². The van der Waals surface area contributed by atoms with Gasteiger partial charge in [0.1, 0.15) is 0 Å². The summed E-state index contributed by atoms with van der Waals surface area (Å²) in [6, 6.07) is 68.4. The van der Waals surface area contributed by atoms with Crippen molar-refractivity contribution in [1.29, 1.82) is 0 Å². The van der Waals surface area contributed by atoms with Gasteiger partial charge in [0.05, 0.1) is 22.3 Å². The quantitative estimate of drug-likeness (QED) is 0.186. The molecule has 53 heavy (non-hydrogen) atoms. The molecule has 9 aromatic rings. The molecule has 2 aromatic heterocycles. The zero-order valence-corrected chi connectivity index (χ0v) is 28.9. The minimum absolute atomic E-state index is 0.346. The van der Waals surface area contributed by atoms with Crippen molar-refractivity contribution in [2.24, 2.45) is 0 Å². The van der Waals surface area contributed by atoms with Gasteiger partial charge in [-0.25, -0.2) is 4.98 Å². The highest BCUT2D eigenvalue weighted by Gasteiger charge is 2.51. The van der Waals surface area contributed by atoms with Crippen LogP contribution < -0.4 is 0 Å². The molecule has 246 valence electrons. The smallest absolute Gasteiger partial charge is 0.0900 e. The molecule has 2 aliphatic rings. The molecule has 2 aliphatic carbocycles. The molecule has 7 aromatic carbocycles. The van der Waals surface area contributed by atoms with Crippen LogP contribution in [-0.4, -0.2) is 9.97 Å². The summed E-state index contributed by atoms with van der Waals surface area (Å²) in [5.74, 6) is 0. The van der Waals surface area contributed by atoms with Gasteiger partial charge in [-0.1, -0.05) is 158 Å². The van der Waals surface area contributed by atoms with Crippen LogP contribution in [0.15, 0.2) is 194 Å². The lowest BCUT2D eigenvalue weighted by Crippen LogP contribution is -2.25.